The molecule has 0 aliphatic heterocycles. The minimum absolute atomic E-state index is 0.464. The predicted molar refractivity (Wildman–Crippen MR) is 58.9 cm³/mol. The molecule has 0 radical (unpaired) electrons. The van der Waals surface area contributed by atoms with Gasteiger partial charge in [0.15, 0.2) is 5.16 Å². The Morgan fingerprint density at radius 1 is 1.47 bits per heavy atom. The minimum atomic E-state index is -0.804. The molecule has 1 aromatic rings. The van der Waals surface area contributed by atoms with Crippen LogP contribution in [0.3, 0.4) is 0 Å². The summed E-state index contributed by atoms with van der Waals surface area (Å²) in [6.07, 6.45) is 3.45. The van der Waals surface area contributed by atoms with E-state index in [1.807, 2.05) is 6.92 Å². The summed E-state index contributed by atoms with van der Waals surface area (Å²) in [5, 5.41) is 9.53. The number of aliphatic carboxylic acids is 1. The first-order valence-corrected chi connectivity index (χ1v) is 5.55. The number of rotatable bonds is 4. The van der Waals surface area contributed by atoms with Crippen LogP contribution in [0.25, 0.3) is 0 Å². The highest BCUT2D eigenvalue weighted by atomic mass is 32.2. The SMILES string of the molecule is Cc1cnc(SCC(C)(C)C(=O)O)nc1. The third kappa shape index (κ3) is 3.51. The molecule has 0 aliphatic rings. The Morgan fingerprint density at radius 2 is 2.00 bits per heavy atom. The summed E-state index contributed by atoms with van der Waals surface area (Å²) >= 11 is 1.36. The molecule has 5 heteroatoms. The van der Waals surface area contributed by atoms with E-state index < -0.39 is 11.4 Å². The highest BCUT2D eigenvalue weighted by Crippen LogP contribution is 2.25. The second-order valence-corrected chi connectivity index (χ2v) is 4.96. The molecule has 0 bridgehead atoms. The van der Waals surface area contributed by atoms with Crippen molar-refractivity contribution in [3.8, 4) is 0 Å². The van der Waals surface area contributed by atoms with Gasteiger partial charge in [0.25, 0.3) is 0 Å². The highest BCUT2D eigenvalue weighted by Gasteiger charge is 2.27. The van der Waals surface area contributed by atoms with Gasteiger partial charge in [-0.2, -0.15) is 0 Å². The van der Waals surface area contributed by atoms with Crippen molar-refractivity contribution < 1.29 is 9.90 Å². The van der Waals surface area contributed by atoms with E-state index in [1.54, 1.807) is 26.2 Å². The largest absolute Gasteiger partial charge is 0.481 e. The van der Waals surface area contributed by atoms with Crippen molar-refractivity contribution >= 4 is 17.7 Å². The zero-order valence-corrected chi connectivity index (χ0v) is 9.84. The van der Waals surface area contributed by atoms with Crippen LogP contribution in [0, 0.1) is 12.3 Å². The fourth-order valence-electron chi connectivity index (χ4n) is 0.762. The van der Waals surface area contributed by atoms with Crippen LogP contribution in [0.1, 0.15) is 19.4 Å². The third-order valence-electron chi connectivity index (χ3n) is 1.90. The zero-order chi connectivity index (χ0) is 11.5. The van der Waals surface area contributed by atoms with E-state index in [1.165, 1.54) is 11.8 Å². The van der Waals surface area contributed by atoms with Gasteiger partial charge in [-0.25, -0.2) is 9.97 Å². The summed E-state index contributed by atoms with van der Waals surface area (Å²) in [5.41, 5.74) is 0.246. The molecule has 0 spiro atoms. The Kier molecular flexibility index (Phi) is 3.68. The quantitative estimate of drug-likeness (QED) is 0.628. The fraction of sp³-hybridized carbons (Fsp3) is 0.500. The van der Waals surface area contributed by atoms with Crippen molar-refractivity contribution in [2.45, 2.75) is 25.9 Å². The first-order valence-electron chi connectivity index (χ1n) is 4.57. The minimum Gasteiger partial charge on any atom is -0.481 e. The molecule has 0 aliphatic carbocycles. The lowest BCUT2D eigenvalue weighted by Crippen LogP contribution is -2.26. The molecule has 0 atom stereocenters. The fourth-order valence-corrected chi connectivity index (χ4v) is 1.63. The molecule has 0 saturated heterocycles. The van der Waals surface area contributed by atoms with Gasteiger partial charge in [-0.1, -0.05) is 11.8 Å². The Labute approximate surface area is 93.1 Å². The second kappa shape index (κ2) is 4.61. The summed E-state index contributed by atoms with van der Waals surface area (Å²) in [4.78, 5) is 19.0. The molecule has 0 fully saturated rings. The summed E-state index contributed by atoms with van der Waals surface area (Å²) < 4.78 is 0. The summed E-state index contributed by atoms with van der Waals surface area (Å²) in [5.74, 6) is -0.340. The predicted octanol–water partition coefficient (Wildman–Crippen LogP) is 1.99. The molecule has 0 saturated carbocycles. The van der Waals surface area contributed by atoms with Crippen molar-refractivity contribution in [2.24, 2.45) is 5.41 Å². The van der Waals surface area contributed by atoms with Crippen LogP contribution in [-0.2, 0) is 4.79 Å². The lowest BCUT2D eigenvalue weighted by Gasteiger charge is -2.17. The van der Waals surface area contributed by atoms with Gasteiger partial charge in [-0.05, 0) is 26.3 Å². The van der Waals surface area contributed by atoms with Crippen molar-refractivity contribution in [3.63, 3.8) is 0 Å². The van der Waals surface area contributed by atoms with Crippen LogP contribution in [0.2, 0.25) is 0 Å². The smallest absolute Gasteiger partial charge is 0.309 e. The molecule has 0 aromatic carbocycles. The van der Waals surface area contributed by atoms with Crippen molar-refractivity contribution in [1.82, 2.24) is 9.97 Å². The number of hydrogen-bond donors (Lipinski definition) is 1. The average molecular weight is 226 g/mol. The Bertz CT molecular complexity index is 349. The molecule has 0 amide bonds. The molecule has 82 valence electrons. The van der Waals surface area contributed by atoms with Crippen LogP contribution in [-0.4, -0.2) is 26.8 Å². The third-order valence-corrected chi connectivity index (χ3v) is 3.23. The number of thioether (sulfide) groups is 1. The van der Waals surface area contributed by atoms with Crippen LogP contribution in [0.15, 0.2) is 17.6 Å². The molecule has 4 nitrogen and oxygen atoms in total. The van der Waals surface area contributed by atoms with Crippen LogP contribution in [0.4, 0.5) is 0 Å². The first-order chi connectivity index (χ1) is 6.92. The van der Waals surface area contributed by atoms with Gasteiger partial charge in [-0.15, -0.1) is 0 Å². The summed E-state index contributed by atoms with van der Waals surface area (Å²) in [7, 11) is 0. The molecule has 0 unspecified atom stereocenters. The molecule has 1 N–H and O–H groups in total. The van der Waals surface area contributed by atoms with Gasteiger partial charge in [0.2, 0.25) is 0 Å². The monoisotopic (exact) mass is 226 g/mol. The van der Waals surface area contributed by atoms with Gasteiger partial charge >= 0.3 is 5.97 Å². The maximum Gasteiger partial charge on any atom is 0.309 e. The van der Waals surface area contributed by atoms with Crippen molar-refractivity contribution in [1.29, 1.82) is 0 Å². The lowest BCUT2D eigenvalue weighted by molar-refractivity contribution is -0.145. The van der Waals surface area contributed by atoms with E-state index in [0.717, 1.165) is 5.56 Å². The zero-order valence-electron chi connectivity index (χ0n) is 9.02. The molecular weight excluding hydrogens is 212 g/mol. The average Bonchev–Trinajstić information content (AvgIpc) is 2.17. The van der Waals surface area contributed by atoms with E-state index in [4.69, 9.17) is 5.11 Å². The molecule has 1 heterocycles. The second-order valence-electron chi connectivity index (χ2n) is 4.02. The number of nitrogens with zero attached hydrogens (tertiary/aromatic N) is 2. The van der Waals surface area contributed by atoms with Gasteiger partial charge in [-0.3, -0.25) is 4.79 Å². The number of carbonyl (C=O) groups is 1. The molecule has 15 heavy (non-hydrogen) atoms. The lowest BCUT2D eigenvalue weighted by atomic mass is 9.97. The number of carboxylic acid groups (broad SMARTS) is 1. The van der Waals surface area contributed by atoms with E-state index >= 15 is 0 Å². The molecule has 1 aromatic heterocycles. The van der Waals surface area contributed by atoms with E-state index in [0.29, 0.717) is 10.9 Å². The summed E-state index contributed by atoms with van der Waals surface area (Å²) in [6.45, 7) is 5.29. The number of aromatic nitrogens is 2. The Balaban J connectivity index is 2.57. The van der Waals surface area contributed by atoms with E-state index in [2.05, 4.69) is 9.97 Å². The van der Waals surface area contributed by atoms with Gasteiger partial charge in [0, 0.05) is 18.1 Å². The Morgan fingerprint density at radius 3 is 2.47 bits per heavy atom. The first kappa shape index (κ1) is 12.0. The van der Waals surface area contributed by atoms with Gasteiger partial charge < -0.3 is 5.11 Å². The number of aryl methyl sites for hydroxylation is 1. The highest BCUT2D eigenvalue weighted by molar-refractivity contribution is 7.99. The van der Waals surface area contributed by atoms with E-state index in [9.17, 15) is 4.79 Å². The molecule has 1 rings (SSSR count). The number of carboxylic acids is 1. The normalized spacial score (nSPS) is 11.4. The van der Waals surface area contributed by atoms with E-state index in [-0.39, 0.29) is 0 Å². The maximum absolute atomic E-state index is 10.8. The Hall–Kier alpha value is -1.10. The summed E-state index contributed by atoms with van der Waals surface area (Å²) in [6, 6.07) is 0. The standard InChI is InChI=1S/C10H14N2O2S/c1-7-4-11-9(12-5-7)15-6-10(2,3)8(13)14/h4-5H,6H2,1-3H3,(H,13,14). The van der Waals surface area contributed by atoms with Gasteiger partial charge in [0.05, 0.1) is 5.41 Å². The van der Waals surface area contributed by atoms with Crippen LogP contribution in [0.5, 0.6) is 0 Å². The van der Waals surface area contributed by atoms with Crippen molar-refractivity contribution in [2.75, 3.05) is 5.75 Å². The molecular formula is C10H14N2O2S. The maximum atomic E-state index is 10.8. The van der Waals surface area contributed by atoms with Crippen molar-refractivity contribution in [3.05, 3.63) is 18.0 Å². The topological polar surface area (TPSA) is 63.1 Å². The van der Waals surface area contributed by atoms with Crippen LogP contribution >= 0.6 is 11.8 Å². The van der Waals surface area contributed by atoms with Gasteiger partial charge in [0.1, 0.15) is 0 Å². The number of hydrogen-bond acceptors (Lipinski definition) is 4. The van der Waals surface area contributed by atoms with Crippen LogP contribution < -0.4 is 0 Å².